The van der Waals surface area contributed by atoms with E-state index >= 15 is 0 Å². The highest BCUT2D eigenvalue weighted by molar-refractivity contribution is 14.0. The summed E-state index contributed by atoms with van der Waals surface area (Å²) in [5.74, 6) is 0.880. The summed E-state index contributed by atoms with van der Waals surface area (Å²) in [4.78, 5) is 4.82. The Morgan fingerprint density at radius 3 is 2.89 bits per heavy atom. The first kappa shape index (κ1) is 22.7. The molecule has 1 aromatic carbocycles. The molecule has 0 aromatic heterocycles. The lowest BCUT2D eigenvalue weighted by molar-refractivity contribution is 0.0420. The molecule has 1 aliphatic heterocycles. The second-order valence-electron chi connectivity index (χ2n) is 7.12. The van der Waals surface area contributed by atoms with Gasteiger partial charge in [0.15, 0.2) is 5.96 Å². The van der Waals surface area contributed by atoms with Crippen LogP contribution >= 0.6 is 35.6 Å². The molecule has 0 bridgehead atoms. The van der Waals surface area contributed by atoms with Gasteiger partial charge < -0.3 is 20.1 Å². The van der Waals surface area contributed by atoms with Gasteiger partial charge in [0, 0.05) is 36.7 Å². The number of halogens is 2. The third kappa shape index (κ3) is 7.07. The third-order valence-corrected chi connectivity index (χ3v) is 5.26. The molecule has 1 saturated carbocycles. The first-order valence-electron chi connectivity index (χ1n) is 9.69. The lowest BCUT2D eigenvalue weighted by Gasteiger charge is -2.16. The van der Waals surface area contributed by atoms with Gasteiger partial charge in [0.05, 0.1) is 19.3 Å². The Kier molecular flexibility index (Phi) is 9.62. The molecule has 1 heterocycles. The minimum Gasteiger partial charge on any atom is -0.379 e. The number of ether oxygens (including phenoxy) is 2. The van der Waals surface area contributed by atoms with Gasteiger partial charge in [-0.25, -0.2) is 0 Å². The number of aliphatic imine (C=N–C) groups is 1. The number of hydrogen-bond donors (Lipinski definition) is 2. The maximum absolute atomic E-state index is 6.16. The number of hydrogen-bond acceptors (Lipinski definition) is 3. The summed E-state index contributed by atoms with van der Waals surface area (Å²) in [5, 5.41) is 7.54. The molecule has 2 aliphatic rings. The summed E-state index contributed by atoms with van der Waals surface area (Å²) in [6, 6.07) is 8.20. The smallest absolute Gasteiger partial charge is 0.191 e. The van der Waals surface area contributed by atoms with Gasteiger partial charge in [-0.1, -0.05) is 23.7 Å². The van der Waals surface area contributed by atoms with Crippen molar-refractivity contribution in [1.82, 2.24) is 10.6 Å². The normalized spacial score (nSPS) is 20.8. The van der Waals surface area contributed by atoms with Crippen LogP contribution in [0.3, 0.4) is 0 Å². The zero-order chi connectivity index (χ0) is 18.2. The van der Waals surface area contributed by atoms with Crippen LogP contribution < -0.4 is 10.6 Å². The molecular weight excluding hydrogens is 477 g/mol. The zero-order valence-electron chi connectivity index (χ0n) is 16.0. The average molecular weight is 508 g/mol. The Bertz CT molecular complexity index is 605. The van der Waals surface area contributed by atoms with Crippen molar-refractivity contribution in [2.24, 2.45) is 4.99 Å². The molecule has 1 saturated heterocycles. The summed E-state index contributed by atoms with van der Waals surface area (Å²) in [7, 11) is 0. The monoisotopic (exact) mass is 507 g/mol. The highest BCUT2D eigenvalue weighted by Gasteiger charge is 2.44. The predicted molar refractivity (Wildman–Crippen MR) is 122 cm³/mol. The Hall–Kier alpha value is -0.570. The molecule has 2 fully saturated rings. The molecule has 1 unspecified atom stereocenters. The minimum atomic E-state index is 0. The van der Waals surface area contributed by atoms with Crippen molar-refractivity contribution >= 4 is 41.5 Å². The average Bonchev–Trinajstić information content (AvgIpc) is 3.26. The van der Waals surface area contributed by atoms with Crippen molar-refractivity contribution < 1.29 is 9.47 Å². The van der Waals surface area contributed by atoms with Crippen LogP contribution in [0.5, 0.6) is 0 Å². The Morgan fingerprint density at radius 2 is 2.22 bits per heavy atom. The molecule has 0 radical (unpaired) electrons. The van der Waals surface area contributed by atoms with Crippen LogP contribution in [0, 0.1) is 0 Å². The van der Waals surface area contributed by atoms with E-state index in [1.807, 2.05) is 12.1 Å². The van der Waals surface area contributed by atoms with E-state index in [4.69, 9.17) is 26.1 Å². The molecule has 27 heavy (non-hydrogen) atoms. The molecule has 3 rings (SSSR count). The maximum atomic E-state index is 6.16. The van der Waals surface area contributed by atoms with Crippen molar-refractivity contribution in [2.45, 2.75) is 44.1 Å². The van der Waals surface area contributed by atoms with Crippen molar-refractivity contribution in [2.75, 3.05) is 39.5 Å². The van der Waals surface area contributed by atoms with Gasteiger partial charge in [0.2, 0.25) is 0 Å². The first-order valence-corrected chi connectivity index (χ1v) is 10.1. The molecule has 1 aromatic rings. The largest absolute Gasteiger partial charge is 0.379 e. The van der Waals surface area contributed by atoms with Crippen LogP contribution in [-0.2, 0) is 14.9 Å². The maximum Gasteiger partial charge on any atom is 0.191 e. The summed E-state index contributed by atoms with van der Waals surface area (Å²) >= 11 is 6.16. The van der Waals surface area contributed by atoms with Crippen LogP contribution in [-0.4, -0.2) is 51.5 Å². The van der Waals surface area contributed by atoms with Gasteiger partial charge in [-0.3, -0.25) is 4.99 Å². The fourth-order valence-corrected chi connectivity index (χ4v) is 3.44. The minimum absolute atomic E-state index is 0. The van der Waals surface area contributed by atoms with E-state index in [9.17, 15) is 0 Å². The van der Waals surface area contributed by atoms with E-state index in [2.05, 4.69) is 29.7 Å². The molecule has 152 valence electrons. The highest BCUT2D eigenvalue weighted by atomic mass is 127. The Labute approximate surface area is 184 Å². The molecule has 1 aliphatic carbocycles. The SMILES string of the molecule is CCNC(=NCC1(c2cccc(Cl)c2)CC1)NCCCOC1CCOC1.I. The first-order chi connectivity index (χ1) is 12.7. The number of nitrogens with zero attached hydrogens (tertiary/aromatic N) is 1. The number of benzene rings is 1. The molecule has 7 heteroatoms. The fraction of sp³-hybridized carbons (Fsp3) is 0.650. The fourth-order valence-electron chi connectivity index (χ4n) is 3.25. The second kappa shape index (κ2) is 11.4. The molecule has 0 amide bonds. The lowest BCUT2D eigenvalue weighted by Crippen LogP contribution is -2.38. The van der Waals surface area contributed by atoms with Gasteiger partial charge in [0.25, 0.3) is 0 Å². The number of rotatable bonds is 9. The highest BCUT2D eigenvalue weighted by Crippen LogP contribution is 2.48. The predicted octanol–water partition coefficient (Wildman–Crippen LogP) is 3.74. The van der Waals surface area contributed by atoms with Crippen LogP contribution in [0.15, 0.2) is 29.3 Å². The molecule has 2 N–H and O–H groups in total. The van der Waals surface area contributed by atoms with E-state index in [0.717, 1.165) is 63.3 Å². The molecule has 1 atom stereocenters. The van der Waals surface area contributed by atoms with Gasteiger partial charge in [-0.05, 0) is 50.3 Å². The van der Waals surface area contributed by atoms with Crippen LogP contribution in [0.25, 0.3) is 0 Å². The molecule has 5 nitrogen and oxygen atoms in total. The number of nitrogens with one attached hydrogen (secondary N) is 2. The third-order valence-electron chi connectivity index (χ3n) is 5.03. The van der Waals surface area contributed by atoms with E-state index in [1.54, 1.807) is 0 Å². The quantitative estimate of drug-likeness (QED) is 0.231. The standard InChI is InChI=1S/C20H30ClN3O2.HI/c1-2-22-19(23-10-4-11-26-18-7-12-25-14-18)24-15-20(8-9-20)16-5-3-6-17(21)13-16;/h3,5-6,13,18H,2,4,7-12,14-15H2,1H3,(H2,22,23,24);1H. The summed E-state index contributed by atoms with van der Waals surface area (Å²) in [5.41, 5.74) is 1.47. The van der Waals surface area contributed by atoms with Crippen molar-refractivity contribution in [3.8, 4) is 0 Å². The van der Waals surface area contributed by atoms with E-state index in [0.29, 0.717) is 0 Å². The van der Waals surface area contributed by atoms with E-state index in [-0.39, 0.29) is 35.5 Å². The lowest BCUT2D eigenvalue weighted by atomic mass is 9.96. The van der Waals surface area contributed by atoms with Crippen LogP contribution in [0.1, 0.15) is 38.2 Å². The zero-order valence-corrected chi connectivity index (χ0v) is 19.1. The Balaban J connectivity index is 0.00000261. The van der Waals surface area contributed by atoms with Gasteiger partial charge in [-0.2, -0.15) is 0 Å². The van der Waals surface area contributed by atoms with Gasteiger partial charge in [0.1, 0.15) is 0 Å². The van der Waals surface area contributed by atoms with Gasteiger partial charge >= 0.3 is 0 Å². The van der Waals surface area contributed by atoms with E-state index < -0.39 is 0 Å². The van der Waals surface area contributed by atoms with Crippen LogP contribution in [0.4, 0.5) is 0 Å². The Morgan fingerprint density at radius 1 is 1.37 bits per heavy atom. The van der Waals surface area contributed by atoms with Crippen molar-refractivity contribution in [3.05, 3.63) is 34.9 Å². The summed E-state index contributed by atoms with van der Waals surface area (Å²) in [6.07, 6.45) is 4.61. The van der Waals surface area contributed by atoms with Crippen LogP contribution in [0.2, 0.25) is 5.02 Å². The number of guanidine groups is 1. The topological polar surface area (TPSA) is 54.9 Å². The van der Waals surface area contributed by atoms with Crippen molar-refractivity contribution in [1.29, 1.82) is 0 Å². The molecular formula is C20H31ClIN3O2. The summed E-state index contributed by atoms with van der Waals surface area (Å²) in [6.45, 7) is 6.91. The molecule has 0 spiro atoms. The second-order valence-corrected chi connectivity index (χ2v) is 7.56. The van der Waals surface area contributed by atoms with Crippen molar-refractivity contribution in [3.63, 3.8) is 0 Å². The summed E-state index contributed by atoms with van der Waals surface area (Å²) < 4.78 is 11.1. The van der Waals surface area contributed by atoms with Gasteiger partial charge in [-0.15, -0.1) is 24.0 Å². The van der Waals surface area contributed by atoms with E-state index in [1.165, 1.54) is 18.4 Å².